The van der Waals surface area contributed by atoms with Gasteiger partial charge in [-0.25, -0.2) is 9.36 Å². The fourth-order valence-corrected chi connectivity index (χ4v) is 3.16. The minimum Gasteiger partial charge on any atom is -0.394 e. The molecule has 2 N–H and O–H groups in total. The minimum atomic E-state index is -1.17. The van der Waals surface area contributed by atoms with E-state index in [1.807, 2.05) is 0 Å². The summed E-state index contributed by atoms with van der Waals surface area (Å²) >= 11 is 0. The Morgan fingerprint density at radius 3 is 2.65 bits per heavy atom. The highest BCUT2D eigenvalue weighted by molar-refractivity contribution is 5.84. The maximum Gasteiger partial charge on any atom is 0.333 e. The van der Waals surface area contributed by atoms with Crippen molar-refractivity contribution in [2.75, 3.05) is 6.61 Å². The molecule has 2 fully saturated rings. The van der Waals surface area contributed by atoms with Crippen LogP contribution in [0.5, 0.6) is 0 Å². The molecule has 1 saturated heterocycles. The Bertz CT molecular complexity index is 742. The van der Waals surface area contributed by atoms with Crippen LogP contribution in [0.25, 0.3) is 0 Å². The Balaban J connectivity index is 2.06. The third kappa shape index (κ3) is 2.64. The number of aromatic nitrogens is 2. The van der Waals surface area contributed by atoms with Gasteiger partial charge in [0.1, 0.15) is 18.4 Å². The van der Waals surface area contributed by atoms with Crippen LogP contribution in [0.15, 0.2) is 15.8 Å². The van der Waals surface area contributed by atoms with Gasteiger partial charge in [-0.3, -0.25) is 14.2 Å². The van der Waals surface area contributed by atoms with E-state index in [9.17, 15) is 23.9 Å². The summed E-state index contributed by atoms with van der Waals surface area (Å²) in [6.07, 6.45) is -1.11. The zero-order chi connectivity index (χ0) is 16.7. The number of Topliss-reactive ketones (excluding diaryl/α,β-unsaturated/α-hetero) is 1. The summed E-state index contributed by atoms with van der Waals surface area (Å²) in [6.45, 7) is -0.449. The second-order valence-electron chi connectivity index (χ2n) is 5.83. The fourth-order valence-electron chi connectivity index (χ4n) is 3.16. The van der Waals surface area contributed by atoms with Gasteiger partial charge in [-0.2, -0.15) is 4.39 Å². The van der Waals surface area contributed by atoms with E-state index in [1.165, 1.54) is 0 Å². The van der Waals surface area contributed by atoms with Gasteiger partial charge in [0.2, 0.25) is 5.82 Å². The van der Waals surface area contributed by atoms with Crippen molar-refractivity contribution >= 4 is 5.78 Å². The Kier molecular flexibility index (Phi) is 4.17. The van der Waals surface area contributed by atoms with Crippen LogP contribution in [0.1, 0.15) is 38.0 Å². The van der Waals surface area contributed by atoms with Crippen LogP contribution in [-0.2, 0) is 9.53 Å². The van der Waals surface area contributed by atoms with Gasteiger partial charge in [0, 0.05) is 12.8 Å². The minimum absolute atomic E-state index is 0.0264. The average Bonchev–Trinajstić information content (AvgIpc) is 3.09. The topological polar surface area (TPSA) is 111 Å². The number of hydrogen-bond acceptors (Lipinski definition) is 6. The van der Waals surface area contributed by atoms with Crippen molar-refractivity contribution in [1.82, 2.24) is 9.13 Å². The molecule has 1 aromatic heterocycles. The molecule has 1 aromatic rings. The molecule has 0 bridgehead atoms. The predicted octanol–water partition coefficient (Wildman–Crippen LogP) is -0.916. The van der Waals surface area contributed by atoms with Gasteiger partial charge in [0.05, 0.1) is 18.9 Å². The highest BCUT2D eigenvalue weighted by Gasteiger charge is 2.37. The van der Waals surface area contributed by atoms with E-state index in [2.05, 4.69) is 0 Å². The van der Waals surface area contributed by atoms with E-state index in [4.69, 9.17) is 9.84 Å². The summed E-state index contributed by atoms with van der Waals surface area (Å²) < 4.78 is 20.8. The Morgan fingerprint density at radius 2 is 2.09 bits per heavy atom. The molecule has 0 radical (unpaired) electrons. The molecule has 4 atom stereocenters. The number of rotatable bonds is 3. The van der Waals surface area contributed by atoms with Crippen LogP contribution in [-0.4, -0.2) is 43.9 Å². The largest absolute Gasteiger partial charge is 0.394 e. The normalized spacial score (nSPS) is 31.0. The van der Waals surface area contributed by atoms with Crippen LogP contribution >= 0.6 is 0 Å². The van der Waals surface area contributed by atoms with Gasteiger partial charge in [-0.1, -0.05) is 0 Å². The van der Waals surface area contributed by atoms with Gasteiger partial charge >= 0.3 is 5.69 Å². The van der Waals surface area contributed by atoms with Crippen molar-refractivity contribution in [3.63, 3.8) is 0 Å². The number of aliphatic hydroxyl groups excluding tert-OH is 2. The molecule has 23 heavy (non-hydrogen) atoms. The summed E-state index contributed by atoms with van der Waals surface area (Å²) in [4.78, 5) is 36.4. The third-order valence-corrected chi connectivity index (χ3v) is 4.38. The standard InChI is InChI=1S/C14H17FN2O6/c15-7-5-16(12-4-10(20)11(6-18)23-12)14(22)17(13(7)21)8-2-1-3-9(8)19/h5,8,10-12,18,20H,1-4,6H2/t8?,10-,11+,12+/m0/s1. The Hall–Kier alpha value is -1.84. The van der Waals surface area contributed by atoms with Crippen molar-refractivity contribution < 1.29 is 24.1 Å². The summed E-state index contributed by atoms with van der Waals surface area (Å²) in [6, 6.07) is -0.961. The summed E-state index contributed by atoms with van der Waals surface area (Å²) in [5, 5.41) is 18.8. The molecule has 1 aliphatic carbocycles. The zero-order valence-electron chi connectivity index (χ0n) is 12.2. The molecular formula is C14H17FN2O6. The summed E-state index contributed by atoms with van der Waals surface area (Å²) in [5.74, 6) is -1.45. The van der Waals surface area contributed by atoms with Crippen molar-refractivity contribution in [2.24, 2.45) is 0 Å². The van der Waals surface area contributed by atoms with Crippen molar-refractivity contribution in [2.45, 2.75) is 50.2 Å². The maximum absolute atomic E-state index is 14.0. The molecule has 8 nitrogen and oxygen atoms in total. The van der Waals surface area contributed by atoms with Crippen LogP contribution in [0.4, 0.5) is 4.39 Å². The van der Waals surface area contributed by atoms with Crippen molar-refractivity contribution in [3.8, 4) is 0 Å². The van der Waals surface area contributed by atoms with Gasteiger partial charge < -0.3 is 14.9 Å². The number of hydrogen-bond donors (Lipinski definition) is 2. The molecule has 126 valence electrons. The lowest BCUT2D eigenvalue weighted by Crippen LogP contribution is -2.45. The van der Waals surface area contributed by atoms with E-state index in [0.717, 1.165) is 10.8 Å². The van der Waals surface area contributed by atoms with Gasteiger partial charge in [0.15, 0.2) is 5.78 Å². The van der Waals surface area contributed by atoms with Crippen LogP contribution in [0.3, 0.4) is 0 Å². The van der Waals surface area contributed by atoms with Crippen LogP contribution in [0, 0.1) is 5.82 Å². The molecule has 0 spiro atoms. The number of carbonyl (C=O) groups excluding carboxylic acids is 1. The lowest BCUT2D eigenvalue weighted by molar-refractivity contribution is -0.120. The zero-order valence-corrected chi connectivity index (χ0v) is 12.2. The first-order chi connectivity index (χ1) is 10.9. The second-order valence-corrected chi connectivity index (χ2v) is 5.83. The molecule has 3 rings (SSSR count). The molecule has 1 saturated carbocycles. The number of aliphatic hydroxyl groups is 2. The average molecular weight is 328 g/mol. The molecule has 9 heteroatoms. The third-order valence-electron chi connectivity index (χ3n) is 4.38. The van der Waals surface area contributed by atoms with Crippen LogP contribution in [0.2, 0.25) is 0 Å². The Morgan fingerprint density at radius 1 is 1.35 bits per heavy atom. The lowest BCUT2D eigenvalue weighted by Gasteiger charge is -2.18. The first-order valence-corrected chi connectivity index (χ1v) is 7.44. The molecule has 1 aliphatic heterocycles. The number of halogens is 1. The van der Waals surface area contributed by atoms with E-state index in [-0.39, 0.29) is 18.6 Å². The molecular weight excluding hydrogens is 311 g/mol. The number of nitrogens with zero attached hydrogens (tertiary/aromatic N) is 2. The summed E-state index contributed by atoms with van der Waals surface area (Å²) in [7, 11) is 0. The van der Waals surface area contributed by atoms with E-state index in [0.29, 0.717) is 17.4 Å². The first kappa shape index (κ1) is 16.0. The molecule has 0 aromatic carbocycles. The molecule has 0 amide bonds. The van der Waals surface area contributed by atoms with E-state index in [1.54, 1.807) is 0 Å². The van der Waals surface area contributed by atoms with Crippen molar-refractivity contribution in [3.05, 3.63) is 32.9 Å². The number of ketones is 1. The summed E-state index contributed by atoms with van der Waals surface area (Å²) in [5.41, 5.74) is -1.99. The predicted molar refractivity (Wildman–Crippen MR) is 74.4 cm³/mol. The van der Waals surface area contributed by atoms with Crippen LogP contribution < -0.4 is 11.2 Å². The van der Waals surface area contributed by atoms with E-state index < -0.39 is 48.2 Å². The smallest absolute Gasteiger partial charge is 0.333 e. The van der Waals surface area contributed by atoms with Gasteiger partial charge in [0.25, 0.3) is 5.56 Å². The quantitative estimate of drug-likeness (QED) is 0.743. The monoisotopic (exact) mass is 328 g/mol. The highest BCUT2D eigenvalue weighted by Crippen LogP contribution is 2.28. The molecule has 2 aliphatic rings. The SMILES string of the molecule is O=C1CCCC1n1c(=O)c(F)cn([C@H]2C[C@H](O)[C@@H](CO)O2)c1=O. The number of ether oxygens (including phenoxy) is 1. The fraction of sp³-hybridized carbons (Fsp3) is 0.643. The Labute approximate surface area is 129 Å². The van der Waals surface area contributed by atoms with E-state index >= 15 is 0 Å². The lowest BCUT2D eigenvalue weighted by atomic mass is 10.2. The van der Waals surface area contributed by atoms with Crippen molar-refractivity contribution in [1.29, 1.82) is 0 Å². The van der Waals surface area contributed by atoms with Gasteiger partial charge in [-0.05, 0) is 12.8 Å². The van der Waals surface area contributed by atoms with Gasteiger partial charge in [-0.15, -0.1) is 0 Å². The number of carbonyl (C=O) groups is 1. The molecule has 1 unspecified atom stereocenters. The highest BCUT2D eigenvalue weighted by atomic mass is 19.1. The molecule has 2 heterocycles. The second kappa shape index (κ2) is 5.99. The first-order valence-electron chi connectivity index (χ1n) is 7.44. The maximum atomic E-state index is 14.0.